The number of phenols is 1. The Balaban J connectivity index is 1.63. The third kappa shape index (κ3) is 3.35. The van der Waals surface area contributed by atoms with Gasteiger partial charge < -0.3 is 19.7 Å². The van der Waals surface area contributed by atoms with Crippen LogP contribution in [0.15, 0.2) is 59.2 Å². The molecule has 0 radical (unpaired) electrons. The van der Waals surface area contributed by atoms with Gasteiger partial charge in [0.05, 0.1) is 18.9 Å². The molecule has 1 fully saturated rings. The van der Waals surface area contributed by atoms with Crippen LogP contribution in [0.1, 0.15) is 18.9 Å². The molecule has 0 bridgehead atoms. The van der Waals surface area contributed by atoms with Crippen molar-refractivity contribution in [3.63, 3.8) is 0 Å². The van der Waals surface area contributed by atoms with Gasteiger partial charge in [-0.15, -0.1) is 0 Å². The van der Waals surface area contributed by atoms with E-state index in [4.69, 9.17) is 9.47 Å². The Labute approximate surface area is 173 Å². The Morgan fingerprint density at radius 1 is 1.27 bits per heavy atom. The zero-order chi connectivity index (χ0) is 21.6. The SMILES string of the molecule is C=C1C(=O)O[C@@H]2[C@H]3C(CO)=CC(=O)C3=C(C)C[C@H](OC(=O)Cc3ccc(O)cc3)[C@@H]12. The van der Waals surface area contributed by atoms with Gasteiger partial charge in [-0.25, -0.2) is 4.79 Å². The molecule has 0 unspecified atom stereocenters. The average molecular weight is 410 g/mol. The lowest BCUT2D eigenvalue weighted by Crippen LogP contribution is -2.36. The average Bonchev–Trinajstić information content (AvgIpc) is 3.15. The van der Waals surface area contributed by atoms with Gasteiger partial charge in [0.15, 0.2) is 5.78 Å². The number of fused-ring (bicyclic) bond motifs is 3. The molecule has 0 spiro atoms. The molecule has 3 aliphatic rings. The van der Waals surface area contributed by atoms with Crippen LogP contribution < -0.4 is 0 Å². The maximum absolute atomic E-state index is 12.6. The van der Waals surface area contributed by atoms with Gasteiger partial charge in [0.25, 0.3) is 0 Å². The summed E-state index contributed by atoms with van der Waals surface area (Å²) in [5.41, 5.74) is 2.60. The molecule has 30 heavy (non-hydrogen) atoms. The lowest BCUT2D eigenvalue weighted by molar-refractivity contribution is -0.152. The molecule has 1 aromatic carbocycles. The summed E-state index contributed by atoms with van der Waals surface area (Å²) in [5.74, 6) is -2.37. The topological polar surface area (TPSA) is 110 Å². The van der Waals surface area contributed by atoms with Crippen LogP contribution >= 0.6 is 0 Å². The monoisotopic (exact) mass is 410 g/mol. The summed E-state index contributed by atoms with van der Waals surface area (Å²) >= 11 is 0. The number of esters is 2. The number of carbonyl (C=O) groups is 3. The summed E-state index contributed by atoms with van der Waals surface area (Å²) in [4.78, 5) is 37.5. The molecule has 0 aromatic heterocycles. The minimum absolute atomic E-state index is 0.00474. The Bertz CT molecular complexity index is 999. The zero-order valence-electron chi connectivity index (χ0n) is 16.5. The van der Waals surface area contributed by atoms with Crippen LogP contribution in [0.2, 0.25) is 0 Å². The number of allylic oxidation sites excluding steroid dienone is 1. The van der Waals surface area contributed by atoms with Crippen molar-refractivity contribution >= 4 is 17.7 Å². The fraction of sp³-hybridized carbons (Fsp3) is 0.348. The summed E-state index contributed by atoms with van der Waals surface area (Å²) in [6.45, 7) is 5.31. The minimum Gasteiger partial charge on any atom is -0.508 e. The van der Waals surface area contributed by atoms with Crippen LogP contribution in [0.4, 0.5) is 0 Å². The molecule has 7 heteroatoms. The zero-order valence-corrected chi connectivity index (χ0v) is 16.5. The molecular formula is C23H22O7. The van der Waals surface area contributed by atoms with Crippen LogP contribution in [0.5, 0.6) is 5.75 Å². The first-order valence-corrected chi connectivity index (χ1v) is 9.72. The second-order valence-electron chi connectivity index (χ2n) is 7.91. The number of rotatable bonds is 4. The van der Waals surface area contributed by atoms with Crippen molar-refractivity contribution in [3.05, 3.63) is 64.8 Å². The molecule has 4 atom stereocenters. The second kappa shape index (κ2) is 7.57. The Kier molecular flexibility index (Phi) is 5.07. The van der Waals surface area contributed by atoms with Crippen LogP contribution in [-0.4, -0.2) is 46.7 Å². The number of aliphatic hydroxyl groups excluding tert-OH is 1. The maximum Gasteiger partial charge on any atom is 0.334 e. The van der Waals surface area contributed by atoms with Gasteiger partial charge in [-0.2, -0.15) is 0 Å². The number of hydrogen-bond acceptors (Lipinski definition) is 7. The highest BCUT2D eigenvalue weighted by molar-refractivity contribution is 6.09. The van der Waals surface area contributed by atoms with E-state index >= 15 is 0 Å². The highest BCUT2D eigenvalue weighted by Crippen LogP contribution is 2.48. The van der Waals surface area contributed by atoms with Crippen molar-refractivity contribution in [3.8, 4) is 5.75 Å². The number of phenolic OH excluding ortho intramolecular Hbond substituents is 1. The predicted molar refractivity (Wildman–Crippen MR) is 105 cm³/mol. The molecule has 0 amide bonds. The van der Waals surface area contributed by atoms with Crippen molar-refractivity contribution in [2.24, 2.45) is 11.8 Å². The molecule has 4 rings (SSSR count). The van der Waals surface area contributed by atoms with Crippen molar-refractivity contribution in [2.45, 2.75) is 32.0 Å². The second-order valence-corrected chi connectivity index (χ2v) is 7.91. The van der Waals surface area contributed by atoms with E-state index in [0.29, 0.717) is 16.7 Å². The number of ketones is 1. The maximum atomic E-state index is 12.6. The van der Waals surface area contributed by atoms with E-state index in [0.717, 1.165) is 5.57 Å². The fourth-order valence-electron chi connectivity index (χ4n) is 4.63. The molecule has 2 N–H and O–H groups in total. The molecule has 1 aliphatic heterocycles. The number of aliphatic hydroxyl groups is 1. The Morgan fingerprint density at radius 3 is 2.63 bits per heavy atom. The van der Waals surface area contributed by atoms with E-state index < -0.39 is 36.0 Å². The molecule has 1 aromatic rings. The summed E-state index contributed by atoms with van der Waals surface area (Å²) in [7, 11) is 0. The van der Waals surface area contributed by atoms with Gasteiger partial charge in [-0.05, 0) is 36.3 Å². The summed E-state index contributed by atoms with van der Waals surface area (Å²) in [6, 6.07) is 6.23. The normalized spacial score (nSPS) is 27.9. The van der Waals surface area contributed by atoms with Gasteiger partial charge in [-0.1, -0.05) is 24.3 Å². The third-order valence-corrected chi connectivity index (χ3v) is 6.00. The smallest absolute Gasteiger partial charge is 0.334 e. The fourth-order valence-corrected chi connectivity index (χ4v) is 4.63. The predicted octanol–water partition coefficient (Wildman–Crippen LogP) is 1.78. The summed E-state index contributed by atoms with van der Waals surface area (Å²) in [5, 5.41) is 19.1. The number of benzene rings is 1. The van der Waals surface area contributed by atoms with Crippen LogP contribution in [0.25, 0.3) is 0 Å². The van der Waals surface area contributed by atoms with E-state index in [1.54, 1.807) is 19.1 Å². The lowest BCUT2D eigenvalue weighted by atomic mass is 9.82. The van der Waals surface area contributed by atoms with Gasteiger partial charge in [0, 0.05) is 23.5 Å². The summed E-state index contributed by atoms with van der Waals surface area (Å²) < 4.78 is 11.3. The van der Waals surface area contributed by atoms with Crippen molar-refractivity contribution < 1.29 is 34.1 Å². The first kappa shape index (κ1) is 20.1. The highest BCUT2D eigenvalue weighted by Gasteiger charge is 2.54. The molecule has 156 valence electrons. The van der Waals surface area contributed by atoms with Crippen molar-refractivity contribution in [2.75, 3.05) is 6.61 Å². The number of carbonyl (C=O) groups excluding carboxylic acids is 3. The lowest BCUT2D eigenvalue weighted by Gasteiger charge is -2.28. The Hall–Kier alpha value is -3.19. The summed E-state index contributed by atoms with van der Waals surface area (Å²) in [6.07, 6.45) is 0.183. The number of ether oxygens (including phenoxy) is 2. The van der Waals surface area contributed by atoms with Gasteiger partial charge in [0.2, 0.25) is 0 Å². The molecule has 1 saturated heterocycles. The van der Waals surface area contributed by atoms with E-state index in [1.165, 1.54) is 18.2 Å². The largest absolute Gasteiger partial charge is 0.508 e. The van der Waals surface area contributed by atoms with E-state index in [-0.39, 0.29) is 36.6 Å². The molecule has 7 nitrogen and oxygen atoms in total. The van der Waals surface area contributed by atoms with E-state index in [2.05, 4.69) is 6.58 Å². The van der Waals surface area contributed by atoms with Crippen LogP contribution in [0.3, 0.4) is 0 Å². The first-order chi connectivity index (χ1) is 14.3. The van der Waals surface area contributed by atoms with Gasteiger partial charge in [0.1, 0.15) is 18.0 Å². The van der Waals surface area contributed by atoms with E-state index in [1.807, 2.05) is 0 Å². The molecule has 2 aliphatic carbocycles. The van der Waals surface area contributed by atoms with Crippen LogP contribution in [0, 0.1) is 11.8 Å². The number of hydrogen-bond donors (Lipinski definition) is 2. The first-order valence-electron chi connectivity index (χ1n) is 9.72. The highest BCUT2D eigenvalue weighted by atomic mass is 16.6. The van der Waals surface area contributed by atoms with E-state index in [9.17, 15) is 24.6 Å². The van der Waals surface area contributed by atoms with Crippen molar-refractivity contribution in [1.82, 2.24) is 0 Å². The quantitative estimate of drug-likeness (QED) is 0.575. The standard InChI is InChI=1S/C23H22O7/c1-11-7-17(29-18(27)8-13-3-5-15(25)6-4-13)20-12(2)23(28)30-22(20)21-14(10-24)9-16(26)19(11)21/h3-6,9,17,20-22,24-25H,2,7-8,10H2,1H3/t17-,20+,21-,22-/m0/s1. The van der Waals surface area contributed by atoms with Gasteiger partial charge >= 0.3 is 11.9 Å². The minimum atomic E-state index is -0.756. The molecule has 0 saturated carbocycles. The van der Waals surface area contributed by atoms with Gasteiger partial charge in [-0.3, -0.25) is 9.59 Å². The number of aromatic hydroxyl groups is 1. The van der Waals surface area contributed by atoms with Crippen LogP contribution in [-0.2, 0) is 30.3 Å². The van der Waals surface area contributed by atoms with Crippen molar-refractivity contribution in [1.29, 1.82) is 0 Å². The molecule has 1 heterocycles. The third-order valence-electron chi connectivity index (χ3n) is 6.00. The Morgan fingerprint density at radius 2 is 1.97 bits per heavy atom. The molecular weight excluding hydrogens is 388 g/mol.